The SMILES string of the molecule is O=C(c1cc([N+](=O)[O-])ccc1N1CCCCC1)N1CCCC1. The number of carbonyl (C=O) groups is 1. The third-order valence-corrected chi connectivity index (χ3v) is 4.51. The number of nitro benzene ring substituents is 1. The summed E-state index contributed by atoms with van der Waals surface area (Å²) in [5, 5.41) is 11.1. The fourth-order valence-corrected chi connectivity index (χ4v) is 3.31. The molecule has 0 saturated carbocycles. The van der Waals surface area contributed by atoms with Crippen LogP contribution >= 0.6 is 0 Å². The lowest BCUT2D eigenvalue weighted by Gasteiger charge is -2.31. The van der Waals surface area contributed by atoms with Crippen LogP contribution in [-0.2, 0) is 0 Å². The molecule has 6 heteroatoms. The number of benzene rings is 1. The molecule has 1 aromatic rings. The predicted octanol–water partition coefficient (Wildman–Crippen LogP) is 2.82. The van der Waals surface area contributed by atoms with Gasteiger partial charge < -0.3 is 9.80 Å². The molecule has 1 aromatic carbocycles. The molecule has 0 atom stereocenters. The van der Waals surface area contributed by atoms with E-state index in [2.05, 4.69) is 4.90 Å². The first-order chi connectivity index (χ1) is 10.7. The molecule has 22 heavy (non-hydrogen) atoms. The van der Waals surface area contributed by atoms with Gasteiger partial charge in [-0.3, -0.25) is 14.9 Å². The van der Waals surface area contributed by atoms with Gasteiger partial charge in [0.2, 0.25) is 0 Å². The Morgan fingerprint density at radius 2 is 1.64 bits per heavy atom. The van der Waals surface area contributed by atoms with Gasteiger partial charge in [0.25, 0.3) is 11.6 Å². The summed E-state index contributed by atoms with van der Waals surface area (Å²) < 4.78 is 0. The van der Waals surface area contributed by atoms with Gasteiger partial charge in [-0.15, -0.1) is 0 Å². The lowest BCUT2D eigenvalue weighted by molar-refractivity contribution is -0.384. The second kappa shape index (κ2) is 6.34. The van der Waals surface area contributed by atoms with Gasteiger partial charge in [0.05, 0.1) is 16.2 Å². The number of amides is 1. The summed E-state index contributed by atoms with van der Waals surface area (Å²) in [5.41, 5.74) is 1.32. The molecule has 2 heterocycles. The Bertz CT molecular complexity index is 576. The molecular formula is C16H21N3O3. The zero-order chi connectivity index (χ0) is 15.5. The summed E-state index contributed by atoms with van der Waals surface area (Å²) in [6.07, 6.45) is 5.45. The van der Waals surface area contributed by atoms with Gasteiger partial charge in [-0.2, -0.15) is 0 Å². The molecule has 0 unspecified atom stereocenters. The first kappa shape index (κ1) is 14.8. The fraction of sp³-hybridized carbons (Fsp3) is 0.562. The molecule has 0 spiro atoms. The third kappa shape index (κ3) is 2.91. The summed E-state index contributed by atoms with van der Waals surface area (Å²) >= 11 is 0. The van der Waals surface area contributed by atoms with Gasteiger partial charge in [-0.05, 0) is 38.2 Å². The Morgan fingerprint density at radius 3 is 2.27 bits per heavy atom. The van der Waals surface area contributed by atoms with Crippen molar-refractivity contribution >= 4 is 17.3 Å². The van der Waals surface area contributed by atoms with E-state index in [9.17, 15) is 14.9 Å². The van der Waals surface area contributed by atoms with Crippen molar-refractivity contribution in [3.63, 3.8) is 0 Å². The quantitative estimate of drug-likeness (QED) is 0.636. The maximum Gasteiger partial charge on any atom is 0.270 e. The van der Waals surface area contributed by atoms with Crippen LogP contribution in [0.5, 0.6) is 0 Å². The Hall–Kier alpha value is -2.11. The van der Waals surface area contributed by atoms with E-state index in [1.807, 2.05) is 4.90 Å². The molecule has 2 aliphatic heterocycles. The van der Waals surface area contributed by atoms with E-state index in [1.165, 1.54) is 18.6 Å². The highest BCUT2D eigenvalue weighted by atomic mass is 16.6. The highest BCUT2D eigenvalue weighted by molar-refractivity contribution is 6.00. The highest BCUT2D eigenvalue weighted by Crippen LogP contribution is 2.29. The van der Waals surface area contributed by atoms with Crippen molar-refractivity contribution in [2.45, 2.75) is 32.1 Å². The smallest absolute Gasteiger partial charge is 0.270 e. The van der Waals surface area contributed by atoms with Crippen LogP contribution in [0.3, 0.4) is 0 Å². The Labute approximate surface area is 129 Å². The van der Waals surface area contributed by atoms with Crippen molar-refractivity contribution in [1.29, 1.82) is 0 Å². The third-order valence-electron chi connectivity index (χ3n) is 4.51. The van der Waals surface area contributed by atoms with Gasteiger partial charge in [0.15, 0.2) is 0 Å². The zero-order valence-corrected chi connectivity index (χ0v) is 12.7. The number of rotatable bonds is 3. The van der Waals surface area contributed by atoms with Crippen LogP contribution in [0.2, 0.25) is 0 Å². The number of hydrogen-bond acceptors (Lipinski definition) is 4. The van der Waals surface area contributed by atoms with Gasteiger partial charge in [0.1, 0.15) is 0 Å². The number of non-ortho nitro benzene ring substituents is 1. The van der Waals surface area contributed by atoms with Crippen LogP contribution in [0.25, 0.3) is 0 Å². The van der Waals surface area contributed by atoms with Crippen LogP contribution in [0.1, 0.15) is 42.5 Å². The molecule has 0 aliphatic carbocycles. The van der Waals surface area contributed by atoms with E-state index in [1.54, 1.807) is 6.07 Å². The first-order valence-corrected chi connectivity index (χ1v) is 7.99. The minimum atomic E-state index is -0.430. The van der Waals surface area contributed by atoms with Crippen molar-refractivity contribution in [1.82, 2.24) is 4.90 Å². The van der Waals surface area contributed by atoms with E-state index in [0.29, 0.717) is 5.56 Å². The van der Waals surface area contributed by atoms with Crippen LogP contribution in [-0.4, -0.2) is 41.9 Å². The number of anilines is 1. The monoisotopic (exact) mass is 303 g/mol. The topological polar surface area (TPSA) is 66.7 Å². The molecular weight excluding hydrogens is 282 g/mol. The predicted molar refractivity (Wildman–Crippen MR) is 84.3 cm³/mol. The lowest BCUT2D eigenvalue weighted by atomic mass is 10.1. The minimum Gasteiger partial charge on any atom is -0.371 e. The number of likely N-dealkylation sites (tertiary alicyclic amines) is 1. The molecule has 6 nitrogen and oxygen atoms in total. The number of piperidine rings is 1. The first-order valence-electron chi connectivity index (χ1n) is 7.99. The van der Waals surface area contributed by atoms with Crippen molar-refractivity contribution in [2.75, 3.05) is 31.1 Å². The molecule has 0 radical (unpaired) electrons. The summed E-state index contributed by atoms with van der Waals surface area (Å²) in [5.74, 6) is -0.0678. The summed E-state index contributed by atoms with van der Waals surface area (Å²) in [4.78, 5) is 27.4. The van der Waals surface area contributed by atoms with Gasteiger partial charge in [0, 0.05) is 38.3 Å². The van der Waals surface area contributed by atoms with E-state index in [-0.39, 0.29) is 11.6 Å². The second-order valence-corrected chi connectivity index (χ2v) is 6.01. The molecule has 3 rings (SSSR count). The molecule has 2 saturated heterocycles. The minimum absolute atomic E-state index is 0.0108. The highest BCUT2D eigenvalue weighted by Gasteiger charge is 2.26. The summed E-state index contributed by atoms with van der Waals surface area (Å²) in [6.45, 7) is 3.33. The Morgan fingerprint density at radius 1 is 1.00 bits per heavy atom. The maximum absolute atomic E-state index is 12.8. The molecule has 2 aliphatic rings. The lowest BCUT2D eigenvalue weighted by Crippen LogP contribution is -2.33. The maximum atomic E-state index is 12.8. The average Bonchev–Trinajstić information content (AvgIpc) is 3.09. The van der Waals surface area contributed by atoms with E-state index in [0.717, 1.165) is 57.5 Å². The van der Waals surface area contributed by atoms with Gasteiger partial charge in [-0.25, -0.2) is 0 Å². The van der Waals surface area contributed by atoms with Crippen molar-refractivity contribution in [3.05, 3.63) is 33.9 Å². The van der Waals surface area contributed by atoms with Gasteiger partial charge in [-0.1, -0.05) is 0 Å². The molecule has 1 amide bonds. The van der Waals surface area contributed by atoms with E-state index >= 15 is 0 Å². The largest absolute Gasteiger partial charge is 0.371 e. The average molecular weight is 303 g/mol. The normalized spacial score (nSPS) is 18.5. The molecule has 2 fully saturated rings. The van der Waals surface area contributed by atoms with Crippen LogP contribution in [0.4, 0.5) is 11.4 Å². The number of hydrogen-bond donors (Lipinski definition) is 0. The van der Waals surface area contributed by atoms with Crippen LogP contribution in [0.15, 0.2) is 18.2 Å². The zero-order valence-electron chi connectivity index (χ0n) is 12.7. The Balaban J connectivity index is 1.96. The number of carbonyl (C=O) groups excluding carboxylic acids is 1. The summed E-state index contributed by atoms with van der Waals surface area (Å²) in [7, 11) is 0. The number of nitro groups is 1. The van der Waals surface area contributed by atoms with Crippen molar-refractivity contribution in [3.8, 4) is 0 Å². The van der Waals surface area contributed by atoms with E-state index < -0.39 is 4.92 Å². The molecule has 0 aromatic heterocycles. The molecule has 0 N–H and O–H groups in total. The van der Waals surface area contributed by atoms with Gasteiger partial charge >= 0.3 is 0 Å². The van der Waals surface area contributed by atoms with E-state index in [4.69, 9.17) is 0 Å². The number of nitrogens with zero attached hydrogens (tertiary/aromatic N) is 3. The second-order valence-electron chi connectivity index (χ2n) is 6.01. The fourth-order valence-electron chi connectivity index (χ4n) is 3.31. The Kier molecular flexibility index (Phi) is 4.27. The molecule has 118 valence electrons. The van der Waals surface area contributed by atoms with Crippen LogP contribution in [0, 0.1) is 10.1 Å². The van der Waals surface area contributed by atoms with Crippen molar-refractivity contribution < 1.29 is 9.72 Å². The van der Waals surface area contributed by atoms with Crippen LogP contribution < -0.4 is 4.90 Å². The molecule has 0 bridgehead atoms. The van der Waals surface area contributed by atoms with Crippen molar-refractivity contribution in [2.24, 2.45) is 0 Å². The summed E-state index contributed by atoms with van der Waals surface area (Å²) in [6, 6.07) is 4.70. The standard InChI is InChI=1S/C16H21N3O3/c20-16(18-10-4-5-11-18)14-12-13(19(21)22)6-7-15(14)17-8-2-1-3-9-17/h6-7,12H,1-5,8-11H2.